The highest BCUT2D eigenvalue weighted by Crippen LogP contribution is 2.46. The van der Waals surface area contributed by atoms with Gasteiger partial charge in [-0.25, -0.2) is 4.98 Å². The second-order valence-corrected chi connectivity index (χ2v) is 5.53. The minimum absolute atomic E-state index is 0.0294. The Hall–Kier alpha value is -3.41. The summed E-state index contributed by atoms with van der Waals surface area (Å²) in [4.78, 5) is 3.37. The lowest BCUT2D eigenvalue weighted by Gasteiger charge is -2.21. The maximum Gasteiger partial charge on any atom is 0.459 e. The Bertz CT molecular complexity index is 1040. The molecule has 1 aromatic heterocycles. The molecule has 0 atom stereocenters. The zero-order valence-electron chi connectivity index (χ0n) is 13.4. The van der Waals surface area contributed by atoms with Crippen LogP contribution in [0.25, 0.3) is 10.9 Å². The number of nitrogen functional groups attached to an aromatic ring is 1. The van der Waals surface area contributed by atoms with Crippen LogP contribution in [0.2, 0.25) is 0 Å². The van der Waals surface area contributed by atoms with Gasteiger partial charge in [-0.05, 0) is 30.3 Å². The Morgan fingerprint density at radius 3 is 2.22 bits per heavy atom. The lowest BCUT2D eigenvalue weighted by molar-refractivity contribution is -0.290. The third-order valence-corrected chi connectivity index (χ3v) is 3.74. The molecule has 0 aliphatic heterocycles. The molecule has 2 N–H and O–H groups in total. The molecular weight excluding hydrogens is 369 g/mol. The van der Waals surface area contributed by atoms with E-state index in [1.54, 1.807) is 30.3 Å². The van der Waals surface area contributed by atoms with Crippen molar-refractivity contribution >= 4 is 16.6 Å². The summed E-state index contributed by atoms with van der Waals surface area (Å²) in [6.45, 7) is 0. The van der Waals surface area contributed by atoms with E-state index in [4.69, 9.17) is 15.7 Å². The average Bonchev–Trinajstić information content (AvgIpc) is 2.62. The second kappa shape index (κ2) is 6.39. The summed E-state index contributed by atoms with van der Waals surface area (Å²) in [7, 11) is 0. The average molecular weight is 379 g/mol. The van der Waals surface area contributed by atoms with Crippen LogP contribution in [-0.4, -0.2) is 11.2 Å². The van der Waals surface area contributed by atoms with Gasteiger partial charge in [0, 0.05) is 5.39 Å². The quantitative estimate of drug-likeness (QED) is 0.640. The van der Waals surface area contributed by atoms with E-state index in [0.717, 1.165) is 0 Å². The first-order valence-corrected chi connectivity index (χ1v) is 7.46. The molecule has 0 amide bonds. The Labute approximate surface area is 149 Å². The fraction of sp³-hybridized carbons (Fsp3) is 0.111. The largest absolute Gasteiger partial charge is 0.459 e. The minimum atomic E-state index is -5.91. The zero-order valence-corrected chi connectivity index (χ0v) is 13.4. The standard InChI is InChI=1S/C18H10F5N3O/c19-17(20,18(21,22)23)16-13(9-24)15(25)12-8-11(6-7-14(12)26-16)27-10-4-2-1-3-5-10/h1-8H,(H2,25,26). The van der Waals surface area contributed by atoms with Gasteiger partial charge in [0.2, 0.25) is 0 Å². The molecule has 4 nitrogen and oxygen atoms in total. The topological polar surface area (TPSA) is 71.9 Å². The van der Waals surface area contributed by atoms with E-state index < -0.39 is 29.0 Å². The summed E-state index contributed by atoms with van der Waals surface area (Å²) < 4.78 is 71.2. The maximum absolute atomic E-state index is 13.8. The van der Waals surface area contributed by atoms with Crippen molar-refractivity contribution in [2.75, 3.05) is 5.73 Å². The van der Waals surface area contributed by atoms with Gasteiger partial charge >= 0.3 is 12.1 Å². The minimum Gasteiger partial charge on any atom is -0.457 e. The molecule has 1 heterocycles. The van der Waals surface area contributed by atoms with Crippen molar-refractivity contribution in [3.63, 3.8) is 0 Å². The molecule has 0 saturated heterocycles. The predicted octanol–water partition coefficient (Wildman–Crippen LogP) is 5.14. The first kappa shape index (κ1) is 18.4. The summed E-state index contributed by atoms with van der Waals surface area (Å²) in [5.41, 5.74) is 2.22. The molecule has 0 aliphatic rings. The molecule has 138 valence electrons. The highest BCUT2D eigenvalue weighted by molar-refractivity contribution is 5.94. The number of nitriles is 1. The maximum atomic E-state index is 13.8. The van der Waals surface area contributed by atoms with Crippen LogP contribution in [-0.2, 0) is 5.92 Å². The number of alkyl halides is 5. The summed E-state index contributed by atoms with van der Waals surface area (Å²) in [6, 6.07) is 13.7. The second-order valence-electron chi connectivity index (χ2n) is 5.53. The normalized spacial score (nSPS) is 12.0. The summed E-state index contributed by atoms with van der Waals surface area (Å²) in [6.07, 6.45) is -5.91. The van der Waals surface area contributed by atoms with Crippen molar-refractivity contribution in [2.45, 2.75) is 12.1 Å². The molecule has 0 unspecified atom stereocenters. The number of fused-ring (bicyclic) bond motifs is 1. The Balaban J connectivity index is 2.16. The fourth-order valence-corrected chi connectivity index (χ4v) is 2.43. The number of rotatable bonds is 3. The molecule has 0 fully saturated rings. The summed E-state index contributed by atoms with van der Waals surface area (Å²) in [5, 5.41) is 9.12. The molecule has 3 aromatic rings. The molecule has 2 aromatic carbocycles. The number of benzene rings is 2. The van der Waals surface area contributed by atoms with Crippen LogP contribution in [0.3, 0.4) is 0 Å². The van der Waals surface area contributed by atoms with Crippen molar-refractivity contribution in [3.8, 4) is 17.6 Å². The number of aromatic nitrogens is 1. The first-order valence-electron chi connectivity index (χ1n) is 7.46. The van der Waals surface area contributed by atoms with E-state index in [-0.39, 0.29) is 16.7 Å². The number of nitrogens with two attached hydrogens (primary N) is 1. The summed E-state index contributed by atoms with van der Waals surface area (Å²) >= 11 is 0. The van der Waals surface area contributed by atoms with E-state index in [2.05, 4.69) is 4.98 Å². The van der Waals surface area contributed by atoms with Gasteiger partial charge in [0.15, 0.2) is 0 Å². The number of hydrogen-bond donors (Lipinski definition) is 1. The van der Waals surface area contributed by atoms with Crippen molar-refractivity contribution in [2.24, 2.45) is 0 Å². The van der Waals surface area contributed by atoms with E-state index >= 15 is 0 Å². The molecule has 9 heteroatoms. The number of halogens is 5. The van der Waals surface area contributed by atoms with E-state index in [1.807, 2.05) is 0 Å². The lowest BCUT2D eigenvalue weighted by atomic mass is 10.0. The third kappa shape index (κ3) is 3.21. The van der Waals surface area contributed by atoms with Gasteiger partial charge in [0.05, 0.1) is 11.2 Å². The molecule has 0 radical (unpaired) electrons. The monoisotopic (exact) mass is 379 g/mol. The van der Waals surface area contributed by atoms with Crippen LogP contribution >= 0.6 is 0 Å². The number of nitrogens with zero attached hydrogens (tertiary/aromatic N) is 2. The zero-order chi connectivity index (χ0) is 19.8. The van der Waals surface area contributed by atoms with Gasteiger partial charge < -0.3 is 10.5 Å². The van der Waals surface area contributed by atoms with Crippen LogP contribution in [0, 0.1) is 11.3 Å². The number of hydrogen-bond acceptors (Lipinski definition) is 4. The van der Waals surface area contributed by atoms with Gasteiger partial charge in [-0.1, -0.05) is 18.2 Å². The Morgan fingerprint density at radius 2 is 1.63 bits per heavy atom. The molecule has 0 aliphatic carbocycles. The molecule has 0 spiro atoms. The summed E-state index contributed by atoms with van der Waals surface area (Å²) in [5.74, 6) is -4.59. The van der Waals surface area contributed by atoms with Gasteiger partial charge in [-0.15, -0.1) is 0 Å². The highest BCUT2D eigenvalue weighted by Gasteiger charge is 2.61. The molecule has 0 bridgehead atoms. The van der Waals surface area contributed by atoms with Crippen molar-refractivity contribution in [3.05, 3.63) is 59.8 Å². The lowest BCUT2D eigenvalue weighted by Crippen LogP contribution is -2.35. The third-order valence-electron chi connectivity index (χ3n) is 3.74. The van der Waals surface area contributed by atoms with Crippen molar-refractivity contribution in [1.82, 2.24) is 4.98 Å². The van der Waals surface area contributed by atoms with Gasteiger partial charge in [-0.3, -0.25) is 0 Å². The van der Waals surface area contributed by atoms with Crippen LogP contribution in [0.1, 0.15) is 11.3 Å². The number of anilines is 1. The Kier molecular flexibility index (Phi) is 4.35. The SMILES string of the molecule is N#Cc1c(C(F)(F)C(F)(F)F)nc2ccc(Oc3ccccc3)cc2c1N. The van der Waals surface area contributed by atoms with Crippen molar-refractivity contribution < 1.29 is 26.7 Å². The molecular formula is C18H10F5N3O. The fourth-order valence-electron chi connectivity index (χ4n) is 2.43. The van der Waals surface area contributed by atoms with E-state index in [9.17, 15) is 22.0 Å². The molecule has 3 rings (SSSR count). The molecule has 27 heavy (non-hydrogen) atoms. The first-order chi connectivity index (χ1) is 12.6. The van der Waals surface area contributed by atoms with E-state index in [0.29, 0.717) is 5.75 Å². The van der Waals surface area contributed by atoms with Crippen LogP contribution in [0.15, 0.2) is 48.5 Å². The van der Waals surface area contributed by atoms with E-state index in [1.165, 1.54) is 24.3 Å². The predicted molar refractivity (Wildman–Crippen MR) is 87.3 cm³/mol. The number of ether oxygens (including phenoxy) is 1. The van der Waals surface area contributed by atoms with Gasteiger partial charge in [-0.2, -0.15) is 27.2 Å². The Morgan fingerprint density at radius 1 is 0.963 bits per heavy atom. The number of pyridine rings is 1. The van der Waals surface area contributed by atoms with Crippen LogP contribution in [0.5, 0.6) is 11.5 Å². The van der Waals surface area contributed by atoms with Gasteiger partial charge in [0.1, 0.15) is 28.8 Å². The molecule has 0 saturated carbocycles. The number of para-hydroxylation sites is 1. The van der Waals surface area contributed by atoms with Crippen molar-refractivity contribution in [1.29, 1.82) is 5.26 Å². The van der Waals surface area contributed by atoms with Crippen LogP contribution < -0.4 is 10.5 Å². The van der Waals surface area contributed by atoms with Gasteiger partial charge in [0.25, 0.3) is 0 Å². The van der Waals surface area contributed by atoms with Crippen LogP contribution in [0.4, 0.5) is 27.6 Å². The smallest absolute Gasteiger partial charge is 0.457 e. The highest BCUT2D eigenvalue weighted by atomic mass is 19.4.